The van der Waals surface area contributed by atoms with Crippen LogP contribution in [0.15, 0.2) is 29.2 Å². The van der Waals surface area contributed by atoms with Crippen LogP contribution in [0, 0.1) is 0 Å². The third kappa shape index (κ3) is 5.85. The van der Waals surface area contributed by atoms with E-state index in [4.69, 9.17) is 17.3 Å². The highest BCUT2D eigenvalue weighted by Gasteiger charge is 2.28. The van der Waals surface area contributed by atoms with Crippen molar-refractivity contribution < 1.29 is 9.53 Å². The molecule has 2 N–H and O–H groups in total. The Labute approximate surface area is 123 Å². The van der Waals surface area contributed by atoms with Gasteiger partial charge in [0.05, 0.1) is 7.11 Å². The fraction of sp³-hybridized carbons (Fsp3) is 0.500. The number of hydrogen-bond donors (Lipinski definition) is 1. The standard InChI is InChI=1S/C14H20ClNO2S/c1-14(16,13(17)18-2)9-3-4-10-19-12-7-5-11(15)6-8-12/h5-8H,3-4,9-10,16H2,1-2H3. The van der Waals surface area contributed by atoms with Gasteiger partial charge in [-0.3, -0.25) is 4.79 Å². The van der Waals surface area contributed by atoms with Crippen molar-refractivity contribution in [2.75, 3.05) is 12.9 Å². The highest BCUT2D eigenvalue weighted by molar-refractivity contribution is 7.99. The number of unbranched alkanes of at least 4 members (excludes halogenated alkanes) is 1. The molecule has 106 valence electrons. The highest BCUT2D eigenvalue weighted by Crippen LogP contribution is 2.22. The Balaban J connectivity index is 2.21. The van der Waals surface area contributed by atoms with Crippen LogP contribution in [-0.2, 0) is 9.53 Å². The molecule has 1 rings (SSSR count). The van der Waals surface area contributed by atoms with Gasteiger partial charge in [0.25, 0.3) is 0 Å². The van der Waals surface area contributed by atoms with Gasteiger partial charge < -0.3 is 10.5 Å². The lowest BCUT2D eigenvalue weighted by Crippen LogP contribution is -2.45. The smallest absolute Gasteiger partial charge is 0.325 e. The van der Waals surface area contributed by atoms with Crippen LogP contribution < -0.4 is 5.73 Å². The topological polar surface area (TPSA) is 52.3 Å². The molecule has 0 heterocycles. The number of ether oxygens (including phenoxy) is 1. The summed E-state index contributed by atoms with van der Waals surface area (Å²) in [5.41, 5.74) is 5.01. The molecular weight excluding hydrogens is 282 g/mol. The number of esters is 1. The maximum Gasteiger partial charge on any atom is 0.325 e. The zero-order chi connectivity index (χ0) is 14.3. The quantitative estimate of drug-likeness (QED) is 0.476. The van der Waals surface area contributed by atoms with E-state index in [-0.39, 0.29) is 5.97 Å². The van der Waals surface area contributed by atoms with E-state index in [0.29, 0.717) is 6.42 Å². The Kier molecular flexibility index (Phi) is 6.69. The molecule has 1 aromatic carbocycles. The summed E-state index contributed by atoms with van der Waals surface area (Å²) in [5.74, 6) is 0.650. The molecule has 0 bridgehead atoms. The molecule has 0 spiro atoms. The molecule has 0 aromatic heterocycles. The van der Waals surface area contributed by atoms with Gasteiger partial charge in [0.15, 0.2) is 0 Å². The van der Waals surface area contributed by atoms with Crippen molar-refractivity contribution in [3.05, 3.63) is 29.3 Å². The minimum atomic E-state index is -0.875. The van der Waals surface area contributed by atoms with Crippen LogP contribution in [-0.4, -0.2) is 24.4 Å². The molecule has 1 aromatic rings. The summed E-state index contributed by atoms with van der Waals surface area (Å²) in [6.45, 7) is 1.71. The predicted molar refractivity (Wildman–Crippen MR) is 80.6 cm³/mol. The Morgan fingerprint density at radius 2 is 2.00 bits per heavy atom. The van der Waals surface area contributed by atoms with Crippen molar-refractivity contribution in [1.29, 1.82) is 0 Å². The molecule has 0 aliphatic rings. The van der Waals surface area contributed by atoms with Gasteiger partial charge >= 0.3 is 5.97 Å². The highest BCUT2D eigenvalue weighted by atomic mass is 35.5. The maximum atomic E-state index is 11.4. The summed E-state index contributed by atoms with van der Waals surface area (Å²) in [6.07, 6.45) is 2.56. The van der Waals surface area contributed by atoms with Gasteiger partial charge in [-0.15, -0.1) is 11.8 Å². The Morgan fingerprint density at radius 1 is 1.37 bits per heavy atom. The van der Waals surface area contributed by atoms with Crippen LogP contribution in [0.4, 0.5) is 0 Å². The first-order chi connectivity index (χ1) is 8.95. The van der Waals surface area contributed by atoms with Crippen LogP contribution in [0.1, 0.15) is 26.2 Å². The summed E-state index contributed by atoms with van der Waals surface area (Å²) in [6, 6.07) is 7.79. The van der Waals surface area contributed by atoms with Gasteiger partial charge in [-0.1, -0.05) is 18.0 Å². The molecule has 0 saturated carbocycles. The normalized spacial score (nSPS) is 13.9. The van der Waals surface area contributed by atoms with E-state index in [1.807, 2.05) is 24.3 Å². The molecule has 0 aliphatic carbocycles. The molecule has 0 radical (unpaired) electrons. The van der Waals surface area contributed by atoms with E-state index >= 15 is 0 Å². The fourth-order valence-electron chi connectivity index (χ4n) is 1.65. The molecule has 0 saturated heterocycles. The molecule has 0 fully saturated rings. The van der Waals surface area contributed by atoms with E-state index in [2.05, 4.69) is 4.74 Å². The molecule has 3 nitrogen and oxygen atoms in total. The van der Waals surface area contributed by atoms with E-state index < -0.39 is 5.54 Å². The van der Waals surface area contributed by atoms with Crippen molar-refractivity contribution in [1.82, 2.24) is 0 Å². The molecule has 1 atom stereocenters. The zero-order valence-electron chi connectivity index (χ0n) is 11.3. The second-order valence-corrected chi connectivity index (χ2v) is 6.27. The fourth-order valence-corrected chi connectivity index (χ4v) is 2.69. The van der Waals surface area contributed by atoms with Crippen LogP contribution in [0.2, 0.25) is 5.02 Å². The minimum absolute atomic E-state index is 0.349. The summed E-state index contributed by atoms with van der Waals surface area (Å²) in [5, 5.41) is 0.751. The van der Waals surface area contributed by atoms with E-state index in [1.165, 1.54) is 12.0 Å². The number of nitrogens with two attached hydrogens (primary N) is 1. The van der Waals surface area contributed by atoms with Gasteiger partial charge in [0.2, 0.25) is 0 Å². The number of carbonyl (C=O) groups is 1. The number of benzene rings is 1. The molecule has 0 amide bonds. The van der Waals surface area contributed by atoms with Crippen LogP contribution in [0.3, 0.4) is 0 Å². The second-order valence-electron chi connectivity index (χ2n) is 4.67. The molecule has 19 heavy (non-hydrogen) atoms. The van der Waals surface area contributed by atoms with Crippen LogP contribution in [0.5, 0.6) is 0 Å². The lowest BCUT2D eigenvalue weighted by atomic mass is 9.97. The molecular formula is C14H20ClNO2S. The lowest BCUT2D eigenvalue weighted by Gasteiger charge is -2.20. The Hall–Kier alpha value is -0.710. The Morgan fingerprint density at radius 3 is 2.58 bits per heavy atom. The first kappa shape index (κ1) is 16.3. The molecule has 1 unspecified atom stereocenters. The lowest BCUT2D eigenvalue weighted by molar-refractivity contribution is -0.146. The average molecular weight is 302 g/mol. The van der Waals surface area contributed by atoms with Crippen molar-refractivity contribution >= 4 is 29.3 Å². The maximum absolute atomic E-state index is 11.4. The van der Waals surface area contributed by atoms with Crippen molar-refractivity contribution in [3.63, 3.8) is 0 Å². The SMILES string of the molecule is COC(=O)C(C)(N)CCCCSc1ccc(Cl)cc1. The van der Waals surface area contributed by atoms with Gasteiger partial charge in [-0.05, 0) is 49.8 Å². The molecule has 5 heteroatoms. The van der Waals surface area contributed by atoms with E-state index in [9.17, 15) is 4.79 Å². The Bertz CT molecular complexity index is 406. The predicted octanol–water partition coefficient (Wildman–Crippen LogP) is 3.49. The number of halogens is 1. The minimum Gasteiger partial charge on any atom is -0.468 e. The van der Waals surface area contributed by atoms with Gasteiger partial charge in [0, 0.05) is 9.92 Å². The van der Waals surface area contributed by atoms with E-state index in [1.54, 1.807) is 18.7 Å². The summed E-state index contributed by atoms with van der Waals surface area (Å²) in [4.78, 5) is 12.6. The van der Waals surface area contributed by atoms with Crippen molar-refractivity contribution in [3.8, 4) is 0 Å². The van der Waals surface area contributed by atoms with Gasteiger partial charge in [-0.25, -0.2) is 0 Å². The first-order valence-corrected chi connectivity index (χ1v) is 7.58. The summed E-state index contributed by atoms with van der Waals surface area (Å²) in [7, 11) is 1.36. The molecule has 0 aliphatic heterocycles. The van der Waals surface area contributed by atoms with E-state index in [0.717, 1.165) is 23.6 Å². The summed E-state index contributed by atoms with van der Waals surface area (Å²) < 4.78 is 4.67. The summed E-state index contributed by atoms with van der Waals surface area (Å²) >= 11 is 7.60. The second kappa shape index (κ2) is 7.78. The monoisotopic (exact) mass is 301 g/mol. The number of carbonyl (C=O) groups excluding carboxylic acids is 1. The first-order valence-electron chi connectivity index (χ1n) is 6.21. The average Bonchev–Trinajstić information content (AvgIpc) is 2.39. The third-order valence-electron chi connectivity index (χ3n) is 2.82. The van der Waals surface area contributed by atoms with Gasteiger partial charge in [0.1, 0.15) is 5.54 Å². The third-order valence-corrected chi connectivity index (χ3v) is 4.17. The number of methoxy groups -OCH3 is 1. The van der Waals surface area contributed by atoms with Crippen LogP contribution >= 0.6 is 23.4 Å². The van der Waals surface area contributed by atoms with Crippen molar-refractivity contribution in [2.45, 2.75) is 36.6 Å². The number of rotatable bonds is 7. The number of thioether (sulfide) groups is 1. The van der Waals surface area contributed by atoms with Gasteiger partial charge in [-0.2, -0.15) is 0 Å². The van der Waals surface area contributed by atoms with Crippen molar-refractivity contribution in [2.24, 2.45) is 5.73 Å². The van der Waals surface area contributed by atoms with Crippen LogP contribution in [0.25, 0.3) is 0 Å². The number of hydrogen-bond acceptors (Lipinski definition) is 4. The zero-order valence-corrected chi connectivity index (χ0v) is 12.9. The largest absolute Gasteiger partial charge is 0.468 e.